The normalized spacial score (nSPS) is 28.8. The van der Waals surface area contributed by atoms with E-state index in [0.29, 0.717) is 11.5 Å². The fraction of sp³-hybridized carbons (Fsp3) is 0.625. The highest BCUT2D eigenvalue weighted by atomic mass is 14.9. The van der Waals surface area contributed by atoms with Gasteiger partial charge in [0.25, 0.3) is 0 Å². The lowest BCUT2D eigenvalue weighted by molar-refractivity contribution is 0.308. The first kappa shape index (κ1) is 12.6. The fourth-order valence-electron chi connectivity index (χ4n) is 3.20. The molecule has 1 fully saturated rings. The van der Waals surface area contributed by atoms with Gasteiger partial charge in [-0.3, -0.25) is 0 Å². The molecule has 0 bridgehead atoms. The van der Waals surface area contributed by atoms with Crippen molar-refractivity contribution in [2.45, 2.75) is 51.5 Å². The first-order valence-corrected chi connectivity index (χ1v) is 6.94. The number of rotatable bonds is 4. The van der Waals surface area contributed by atoms with Crippen molar-refractivity contribution in [3.63, 3.8) is 0 Å². The Morgan fingerprint density at radius 1 is 1.29 bits per heavy atom. The second-order valence-electron chi connectivity index (χ2n) is 5.85. The van der Waals surface area contributed by atoms with E-state index in [-0.39, 0.29) is 0 Å². The molecule has 0 aliphatic heterocycles. The predicted molar refractivity (Wildman–Crippen MR) is 74.3 cm³/mol. The Morgan fingerprint density at radius 2 is 2.00 bits per heavy atom. The van der Waals surface area contributed by atoms with E-state index in [9.17, 15) is 0 Å². The van der Waals surface area contributed by atoms with Crippen molar-refractivity contribution >= 4 is 0 Å². The molecule has 2 atom stereocenters. The van der Waals surface area contributed by atoms with Crippen molar-refractivity contribution < 1.29 is 0 Å². The predicted octanol–water partition coefficient (Wildman–Crippen LogP) is 3.74. The molecule has 1 nitrogen and oxygen atoms in total. The van der Waals surface area contributed by atoms with E-state index in [1.54, 1.807) is 0 Å². The summed E-state index contributed by atoms with van der Waals surface area (Å²) in [7, 11) is 0. The molecule has 0 amide bonds. The fourth-order valence-corrected chi connectivity index (χ4v) is 3.20. The average molecular weight is 231 g/mol. The highest BCUT2D eigenvalue weighted by Gasteiger charge is 2.41. The first-order chi connectivity index (χ1) is 8.15. The van der Waals surface area contributed by atoms with Gasteiger partial charge in [0.1, 0.15) is 0 Å². The summed E-state index contributed by atoms with van der Waals surface area (Å²) in [5.41, 5.74) is 1.89. The molecule has 1 N–H and O–H groups in total. The molecule has 1 saturated carbocycles. The SMILES string of the molecule is CC(C)NCC1(c2ccccc2)CCCC1C. The van der Waals surface area contributed by atoms with Gasteiger partial charge >= 0.3 is 0 Å². The molecule has 0 spiro atoms. The van der Waals surface area contributed by atoms with Gasteiger partial charge in [-0.2, -0.15) is 0 Å². The zero-order chi connectivity index (χ0) is 12.3. The van der Waals surface area contributed by atoms with Gasteiger partial charge in [-0.1, -0.05) is 57.5 Å². The minimum Gasteiger partial charge on any atom is -0.314 e. The second kappa shape index (κ2) is 5.22. The molecular weight excluding hydrogens is 206 g/mol. The van der Waals surface area contributed by atoms with Crippen LogP contribution in [0.3, 0.4) is 0 Å². The van der Waals surface area contributed by atoms with Crippen LogP contribution >= 0.6 is 0 Å². The van der Waals surface area contributed by atoms with Gasteiger partial charge in [0, 0.05) is 18.0 Å². The molecule has 0 saturated heterocycles. The van der Waals surface area contributed by atoms with E-state index in [0.717, 1.165) is 12.5 Å². The van der Waals surface area contributed by atoms with Crippen molar-refractivity contribution in [3.8, 4) is 0 Å². The van der Waals surface area contributed by atoms with Gasteiger partial charge in [-0.25, -0.2) is 0 Å². The molecule has 2 rings (SSSR count). The second-order valence-corrected chi connectivity index (χ2v) is 5.85. The summed E-state index contributed by atoms with van der Waals surface area (Å²) in [5, 5.41) is 3.66. The number of benzene rings is 1. The lowest BCUT2D eigenvalue weighted by Gasteiger charge is -2.35. The molecule has 1 aromatic rings. The van der Waals surface area contributed by atoms with Crippen LogP contribution in [0.5, 0.6) is 0 Å². The summed E-state index contributed by atoms with van der Waals surface area (Å²) in [6.07, 6.45) is 4.07. The topological polar surface area (TPSA) is 12.0 Å². The minimum atomic E-state index is 0.367. The van der Waals surface area contributed by atoms with Crippen molar-refractivity contribution in [3.05, 3.63) is 35.9 Å². The van der Waals surface area contributed by atoms with E-state index in [4.69, 9.17) is 0 Å². The summed E-state index contributed by atoms with van der Waals surface area (Å²) in [5.74, 6) is 0.788. The molecule has 94 valence electrons. The molecule has 0 radical (unpaired) electrons. The highest BCUT2D eigenvalue weighted by Crippen LogP contribution is 2.45. The molecule has 17 heavy (non-hydrogen) atoms. The third-order valence-corrected chi connectivity index (χ3v) is 4.38. The quantitative estimate of drug-likeness (QED) is 0.832. The van der Waals surface area contributed by atoms with Crippen LogP contribution in [0.1, 0.15) is 45.6 Å². The number of nitrogens with one attached hydrogen (secondary N) is 1. The Balaban J connectivity index is 2.24. The van der Waals surface area contributed by atoms with Crippen LogP contribution in [-0.4, -0.2) is 12.6 Å². The zero-order valence-electron chi connectivity index (χ0n) is 11.4. The highest BCUT2D eigenvalue weighted by molar-refractivity contribution is 5.28. The van der Waals surface area contributed by atoms with Crippen molar-refractivity contribution in [2.24, 2.45) is 5.92 Å². The van der Waals surface area contributed by atoms with Crippen LogP contribution in [0.4, 0.5) is 0 Å². The average Bonchev–Trinajstić information content (AvgIpc) is 2.70. The maximum atomic E-state index is 3.66. The number of hydrogen-bond donors (Lipinski definition) is 1. The van der Waals surface area contributed by atoms with Crippen molar-refractivity contribution in [2.75, 3.05) is 6.54 Å². The van der Waals surface area contributed by atoms with Crippen LogP contribution in [0.15, 0.2) is 30.3 Å². The summed E-state index contributed by atoms with van der Waals surface area (Å²) >= 11 is 0. The van der Waals surface area contributed by atoms with Crippen LogP contribution in [0.2, 0.25) is 0 Å². The maximum Gasteiger partial charge on any atom is 0.0103 e. The number of hydrogen-bond acceptors (Lipinski definition) is 1. The van der Waals surface area contributed by atoms with Crippen molar-refractivity contribution in [1.29, 1.82) is 0 Å². The lowest BCUT2D eigenvalue weighted by atomic mass is 9.73. The van der Waals surface area contributed by atoms with Gasteiger partial charge in [0.05, 0.1) is 0 Å². The maximum absolute atomic E-state index is 3.66. The molecule has 0 heterocycles. The molecule has 2 unspecified atom stereocenters. The monoisotopic (exact) mass is 231 g/mol. The van der Waals surface area contributed by atoms with E-state index in [1.165, 1.54) is 24.8 Å². The van der Waals surface area contributed by atoms with E-state index >= 15 is 0 Å². The summed E-state index contributed by atoms with van der Waals surface area (Å²) in [6.45, 7) is 8.01. The van der Waals surface area contributed by atoms with E-state index in [1.807, 2.05) is 0 Å². The summed E-state index contributed by atoms with van der Waals surface area (Å²) in [6, 6.07) is 11.7. The van der Waals surface area contributed by atoms with Crippen LogP contribution in [-0.2, 0) is 5.41 Å². The van der Waals surface area contributed by atoms with Gasteiger partial charge in [0.15, 0.2) is 0 Å². The lowest BCUT2D eigenvalue weighted by Crippen LogP contribution is -2.42. The van der Waals surface area contributed by atoms with Crippen LogP contribution in [0.25, 0.3) is 0 Å². The Labute approximate surface area is 106 Å². The molecule has 1 aromatic carbocycles. The molecular formula is C16H25N. The first-order valence-electron chi connectivity index (χ1n) is 6.94. The summed E-state index contributed by atoms with van der Waals surface area (Å²) < 4.78 is 0. The molecule has 0 aromatic heterocycles. The Kier molecular flexibility index (Phi) is 3.88. The minimum absolute atomic E-state index is 0.367. The van der Waals surface area contributed by atoms with Crippen LogP contribution in [0, 0.1) is 5.92 Å². The van der Waals surface area contributed by atoms with Gasteiger partial charge in [-0.05, 0) is 24.3 Å². The third kappa shape index (κ3) is 2.55. The molecule has 1 aliphatic rings. The molecule has 1 aliphatic carbocycles. The zero-order valence-corrected chi connectivity index (χ0v) is 11.4. The Bertz CT molecular complexity index is 344. The van der Waals surface area contributed by atoms with E-state index < -0.39 is 0 Å². The van der Waals surface area contributed by atoms with Crippen LogP contribution < -0.4 is 5.32 Å². The summed E-state index contributed by atoms with van der Waals surface area (Å²) in [4.78, 5) is 0. The molecule has 1 heteroatoms. The van der Waals surface area contributed by atoms with Gasteiger partial charge in [-0.15, -0.1) is 0 Å². The van der Waals surface area contributed by atoms with E-state index in [2.05, 4.69) is 56.4 Å². The Hall–Kier alpha value is -0.820. The van der Waals surface area contributed by atoms with Crippen molar-refractivity contribution in [1.82, 2.24) is 5.32 Å². The third-order valence-electron chi connectivity index (χ3n) is 4.38. The smallest absolute Gasteiger partial charge is 0.0103 e. The Morgan fingerprint density at radius 3 is 2.53 bits per heavy atom. The van der Waals surface area contributed by atoms with Gasteiger partial charge in [0.2, 0.25) is 0 Å². The standard InChI is InChI=1S/C16H25N/c1-13(2)17-12-16(11-7-8-14(16)3)15-9-5-4-6-10-15/h4-6,9-10,13-14,17H,7-8,11-12H2,1-3H3. The van der Waals surface area contributed by atoms with Gasteiger partial charge < -0.3 is 5.32 Å². The largest absolute Gasteiger partial charge is 0.314 e.